The van der Waals surface area contributed by atoms with Crippen molar-refractivity contribution >= 4 is 24.9 Å². The van der Waals surface area contributed by atoms with Crippen molar-refractivity contribution in [3.63, 3.8) is 0 Å². The maximum atomic E-state index is 15.3. The summed E-state index contributed by atoms with van der Waals surface area (Å²) in [6, 6.07) is 14.1. The molecular weight excluding hydrogens is 580 g/mol. The van der Waals surface area contributed by atoms with Crippen LogP contribution in [0.2, 0.25) is 25.7 Å². The molecular formula is C34H37F2N3O4Si. The minimum Gasteiger partial charge on any atom is -0.450 e. The largest absolute Gasteiger partial charge is 0.450 e. The first-order valence-corrected chi connectivity index (χ1v) is 18.5. The Balaban J connectivity index is 1.44. The highest BCUT2D eigenvalue weighted by Crippen LogP contribution is 2.40. The number of hydrogen-bond donors (Lipinski definition) is 0. The molecule has 2 aromatic heterocycles. The molecule has 1 saturated heterocycles. The Kier molecular flexibility index (Phi) is 9.30. The van der Waals surface area contributed by atoms with E-state index in [1.54, 1.807) is 24.3 Å². The van der Waals surface area contributed by atoms with Crippen LogP contribution in [0.15, 0.2) is 54.9 Å². The molecule has 44 heavy (non-hydrogen) atoms. The van der Waals surface area contributed by atoms with Crippen molar-refractivity contribution in [1.29, 1.82) is 5.26 Å². The molecule has 1 fully saturated rings. The molecule has 1 aliphatic heterocycles. The fourth-order valence-electron chi connectivity index (χ4n) is 5.16. The molecule has 1 aliphatic rings. The van der Waals surface area contributed by atoms with Gasteiger partial charge in [0.15, 0.2) is 17.4 Å². The number of aromatic nitrogens is 2. The smallest absolute Gasteiger partial charge is 0.198 e. The second-order valence-corrected chi connectivity index (χ2v) is 18.7. The van der Waals surface area contributed by atoms with Gasteiger partial charge in [0.2, 0.25) is 0 Å². The third kappa shape index (κ3) is 7.41. The van der Waals surface area contributed by atoms with Crippen molar-refractivity contribution in [2.45, 2.75) is 58.6 Å². The van der Waals surface area contributed by atoms with E-state index in [0.717, 1.165) is 23.7 Å². The second kappa shape index (κ2) is 13.0. The lowest BCUT2D eigenvalue weighted by Crippen LogP contribution is -2.40. The first-order valence-electron chi connectivity index (χ1n) is 14.8. The van der Waals surface area contributed by atoms with E-state index in [-0.39, 0.29) is 35.7 Å². The van der Waals surface area contributed by atoms with Crippen LogP contribution in [0, 0.1) is 28.4 Å². The van der Waals surface area contributed by atoms with Crippen molar-refractivity contribution in [3.8, 4) is 28.7 Å². The van der Waals surface area contributed by atoms with Crippen LogP contribution in [0.4, 0.5) is 8.78 Å². The molecule has 0 bridgehead atoms. The third-order valence-corrected chi connectivity index (χ3v) is 9.53. The summed E-state index contributed by atoms with van der Waals surface area (Å²) in [7, 11) is -1.29. The Morgan fingerprint density at radius 1 is 1.16 bits per heavy atom. The first-order chi connectivity index (χ1) is 20.9. The first kappa shape index (κ1) is 31.5. The summed E-state index contributed by atoms with van der Waals surface area (Å²) in [6.45, 7) is 11.0. The van der Waals surface area contributed by atoms with Gasteiger partial charge in [-0.1, -0.05) is 38.7 Å². The SMILES string of the molecule is CC1(CCC(=O)Cc2cc(F)c(Oc3ccnc4c3c(-c3cccc(C#N)c3)cn4COCC[Si](C)(C)C)c(F)c2)COC1. The summed E-state index contributed by atoms with van der Waals surface area (Å²) in [5.74, 6) is -2.26. The van der Waals surface area contributed by atoms with Crippen LogP contribution < -0.4 is 4.74 Å². The minimum atomic E-state index is -1.29. The fourth-order valence-corrected chi connectivity index (χ4v) is 5.92. The summed E-state index contributed by atoms with van der Waals surface area (Å²) in [6.07, 6.45) is 4.31. The van der Waals surface area contributed by atoms with Crippen LogP contribution in [0.3, 0.4) is 0 Å². The van der Waals surface area contributed by atoms with Crippen molar-refractivity contribution in [3.05, 3.63) is 77.6 Å². The summed E-state index contributed by atoms with van der Waals surface area (Å²) < 4.78 is 49.7. The molecule has 0 unspecified atom stereocenters. The summed E-state index contributed by atoms with van der Waals surface area (Å²) in [4.78, 5) is 17.1. The van der Waals surface area contributed by atoms with Gasteiger partial charge in [-0.15, -0.1) is 0 Å². The number of pyridine rings is 1. The number of hydrogen-bond acceptors (Lipinski definition) is 6. The molecule has 0 radical (unpaired) electrons. The number of ether oxygens (including phenoxy) is 3. The zero-order valence-corrected chi connectivity index (χ0v) is 26.6. The zero-order valence-electron chi connectivity index (χ0n) is 25.6. The summed E-state index contributed by atoms with van der Waals surface area (Å²) >= 11 is 0. The van der Waals surface area contributed by atoms with E-state index in [4.69, 9.17) is 14.2 Å². The summed E-state index contributed by atoms with van der Waals surface area (Å²) in [5.41, 5.74) is 2.64. The highest BCUT2D eigenvalue weighted by atomic mass is 28.3. The van der Waals surface area contributed by atoms with E-state index in [9.17, 15) is 10.1 Å². The molecule has 0 atom stereocenters. The van der Waals surface area contributed by atoms with E-state index in [2.05, 4.69) is 37.6 Å². The highest BCUT2D eigenvalue weighted by Gasteiger charge is 2.33. The number of rotatable bonds is 13. The van der Waals surface area contributed by atoms with Gasteiger partial charge in [0.05, 0.1) is 30.2 Å². The predicted octanol–water partition coefficient (Wildman–Crippen LogP) is 7.89. The second-order valence-electron chi connectivity index (χ2n) is 13.1. The van der Waals surface area contributed by atoms with Gasteiger partial charge in [-0.05, 0) is 53.9 Å². The Bertz CT molecular complexity index is 1700. The number of halogens is 2. The lowest BCUT2D eigenvalue weighted by Gasteiger charge is -2.37. The molecule has 0 spiro atoms. The number of Topliss-reactive ketones (excluding diaryl/α,β-unsaturated/α-hetero) is 1. The van der Waals surface area contributed by atoms with Gasteiger partial charge in [-0.2, -0.15) is 5.26 Å². The molecule has 230 valence electrons. The van der Waals surface area contributed by atoms with Crippen LogP contribution in [-0.2, 0) is 27.4 Å². The number of nitrogens with zero attached hydrogens (tertiary/aromatic N) is 3. The van der Waals surface area contributed by atoms with Crippen molar-refractivity contribution in [2.24, 2.45) is 5.41 Å². The number of nitriles is 1. The van der Waals surface area contributed by atoms with Crippen LogP contribution >= 0.6 is 0 Å². The van der Waals surface area contributed by atoms with Gasteiger partial charge in [-0.3, -0.25) is 4.79 Å². The zero-order chi connectivity index (χ0) is 31.5. The number of carbonyl (C=O) groups excluding carboxylic acids is 1. The molecule has 2 aromatic carbocycles. The van der Waals surface area contributed by atoms with Gasteiger partial charge in [0.25, 0.3) is 0 Å². The molecule has 0 N–H and O–H groups in total. The molecule has 5 rings (SSSR count). The standard InChI is InChI=1S/C34H37F2N3O4Si/c1-34(20-42-21-34)10-8-26(40)15-24-16-28(35)32(29(36)17-24)43-30-9-11-38-33-31(30)27(25-7-5-6-23(14-25)18-37)19-39(33)22-41-12-13-44(2,3)4/h5-7,9,11,14,16-17,19H,8,10,12-13,15,20-22H2,1-4H3. The van der Waals surface area contributed by atoms with Gasteiger partial charge in [0, 0.05) is 50.9 Å². The topological polar surface area (TPSA) is 86.4 Å². The third-order valence-electron chi connectivity index (χ3n) is 7.83. The maximum absolute atomic E-state index is 15.3. The number of carbonyl (C=O) groups is 1. The lowest BCUT2D eigenvalue weighted by molar-refractivity contribution is -0.125. The number of fused-ring (bicyclic) bond motifs is 1. The van der Waals surface area contributed by atoms with E-state index in [1.165, 1.54) is 6.20 Å². The van der Waals surface area contributed by atoms with Gasteiger partial charge in [0.1, 0.15) is 23.9 Å². The molecule has 3 heterocycles. The van der Waals surface area contributed by atoms with Crippen molar-refractivity contribution < 1.29 is 27.8 Å². The van der Waals surface area contributed by atoms with Crippen LogP contribution in [0.5, 0.6) is 11.5 Å². The fraction of sp³-hybridized carbons (Fsp3) is 0.382. The lowest BCUT2D eigenvalue weighted by atomic mass is 9.82. The van der Waals surface area contributed by atoms with Crippen LogP contribution in [0.1, 0.15) is 30.9 Å². The van der Waals surface area contributed by atoms with Crippen LogP contribution in [-0.4, -0.2) is 43.2 Å². The Morgan fingerprint density at radius 3 is 2.57 bits per heavy atom. The number of benzene rings is 2. The van der Waals surface area contributed by atoms with E-state index in [0.29, 0.717) is 54.8 Å². The van der Waals surface area contributed by atoms with Crippen LogP contribution in [0.25, 0.3) is 22.2 Å². The quantitative estimate of drug-likeness (QED) is 0.112. The monoisotopic (exact) mass is 617 g/mol. The predicted molar refractivity (Wildman–Crippen MR) is 167 cm³/mol. The van der Waals surface area contributed by atoms with Gasteiger partial charge >= 0.3 is 0 Å². The Labute approximate surface area is 257 Å². The summed E-state index contributed by atoms with van der Waals surface area (Å²) in [5, 5.41) is 10.0. The van der Waals surface area contributed by atoms with E-state index < -0.39 is 25.5 Å². The van der Waals surface area contributed by atoms with Crippen molar-refractivity contribution in [2.75, 3.05) is 19.8 Å². The van der Waals surface area contributed by atoms with Gasteiger partial charge < -0.3 is 18.8 Å². The van der Waals surface area contributed by atoms with E-state index >= 15 is 8.78 Å². The molecule has 4 aromatic rings. The maximum Gasteiger partial charge on any atom is 0.198 e. The minimum absolute atomic E-state index is 0.00639. The molecule has 0 amide bonds. The molecule has 7 nitrogen and oxygen atoms in total. The Hall–Kier alpha value is -3.91. The normalized spacial score (nSPS) is 14.3. The average molecular weight is 618 g/mol. The molecule has 0 aliphatic carbocycles. The van der Waals surface area contributed by atoms with E-state index in [1.807, 2.05) is 16.8 Å². The highest BCUT2D eigenvalue weighted by molar-refractivity contribution is 6.76. The van der Waals surface area contributed by atoms with Crippen molar-refractivity contribution in [1.82, 2.24) is 9.55 Å². The Morgan fingerprint density at radius 2 is 1.91 bits per heavy atom. The molecule has 10 heteroatoms. The number of ketones is 1. The van der Waals surface area contributed by atoms with Gasteiger partial charge in [-0.25, -0.2) is 13.8 Å². The molecule has 0 saturated carbocycles. The average Bonchev–Trinajstić information content (AvgIpc) is 3.34.